The highest BCUT2D eigenvalue weighted by Crippen LogP contribution is 2.30. The van der Waals surface area contributed by atoms with E-state index >= 15 is 0 Å². The second-order valence-corrected chi connectivity index (χ2v) is 7.58. The van der Waals surface area contributed by atoms with E-state index in [1.807, 2.05) is 20.8 Å². The summed E-state index contributed by atoms with van der Waals surface area (Å²) in [6, 6.07) is 2.68. The van der Waals surface area contributed by atoms with Crippen molar-refractivity contribution in [1.29, 1.82) is 0 Å². The van der Waals surface area contributed by atoms with E-state index in [1.54, 1.807) is 6.07 Å². The number of halogens is 4. The predicted molar refractivity (Wildman–Crippen MR) is 101 cm³/mol. The van der Waals surface area contributed by atoms with Gasteiger partial charge >= 0.3 is 12.3 Å². The Balaban J connectivity index is 2.04. The van der Waals surface area contributed by atoms with Gasteiger partial charge < -0.3 is 14.8 Å². The van der Waals surface area contributed by atoms with Gasteiger partial charge in [-0.3, -0.25) is 0 Å². The molecule has 0 aliphatic rings. The Labute approximate surface area is 174 Å². The number of aromatic nitrogens is 4. The van der Waals surface area contributed by atoms with Crippen LogP contribution in [0.1, 0.15) is 38.1 Å². The van der Waals surface area contributed by atoms with E-state index < -0.39 is 29.9 Å². The van der Waals surface area contributed by atoms with Gasteiger partial charge in [-0.2, -0.15) is 14.6 Å². The second-order valence-electron chi connectivity index (χ2n) is 7.58. The first-order valence-electron chi connectivity index (χ1n) is 9.00. The topological polar surface area (TPSA) is 90.6 Å². The first-order chi connectivity index (χ1) is 14.4. The summed E-state index contributed by atoms with van der Waals surface area (Å²) in [4.78, 5) is 20.9. The number of fused-ring (bicyclic) bond motifs is 1. The zero-order valence-electron chi connectivity index (χ0n) is 17.0. The molecule has 0 fully saturated rings. The van der Waals surface area contributed by atoms with E-state index in [1.165, 1.54) is 10.8 Å². The molecule has 2 heterocycles. The molecule has 0 aliphatic carbocycles. The minimum Gasteiger partial charge on any atom is -0.467 e. The number of hydrogen-bond donors (Lipinski definition) is 1. The Kier molecular flexibility index (Phi) is 5.74. The van der Waals surface area contributed by atoms with E-state index in [0.717, 1.165) is 19.2 Å². The zero-order valence-corrected chi connectivity index (χ0v) is 17.0. The van der Waals surface area contributed by atoms with E-state index in [4.69, 9.17) is 4.74 Å². The van der Waals surface area contributed by atoms with E-state index in [0.29, 0.717) is 11.8 Å². The molecule has 3 rings (SSSR count). The Hall–Kier alpha value is -3.44. The van der Waals surface area contributed by atoms with Gasteiger partial charge in [0.2, 0.25) is 0 Å². The number of ether oxygens (including phenoxy) is 2. The average molecular weight is 441 g/mol. The molecular formula is C19H19F4N5O3. The fourth-order valence-corrected chi connectivity index (χ4v) is 2.77. The molecule has 0 saturated heterocycles. The minimum absolute atomic E-state index is 0.243. The molecule has 8 nitrogen and oxygen atoms in total. The molecule has 0 bridgehead atoms. The van der Waals surface area contributed by atoms with Crippen molar-refractivity contribution in [3.8, 4) is 5.75 Å². The van der Waals surface area contributed by atoms with Gasteiger partial charge in [0.05, 0.1) is 12.8 Å². The van der Waals surface area contributed by atoms with Crippen LogP contribution in [0.15, 0.2) is 30.6 Å². The number of carbonyl (C=O) groups excluding carboxylic acids is 1. The van der Waals surface area contributed by atoms with Gasteiger partial charge in [-0.25, -0.2) is 14.2 Å². The maximum absolute atomic E-state index is 14.7. The highest BCUT2D eigenvalue weighted by Gasteiger charge is 2.32. The normalized spacial score (nSPS) is 13.2. The molecular weight excluding hydrogens is 422 g/mol. The zero-order chi connectivity index (χ0) is 23.0. The molecule has 31 heavy (non-hydrogen) atoms. The summed E-state index contributed by atoms with van der Waals surface area (Å²) < 4.78 is 61.6. The molecule has 0 radical (unpaired) electrons. The first-order valence-corrected chi connectivity index (χ1v) is 9.00. The number of nitrogens with zero attached hydrogens (tertiary/aromatic N) is 4. The molecule has 0 spiro atoms. The lowest BCUT2D eigenvalue weighted by Gasteiger charge is -2.22. The number of benzene rings is 1. The van der Waals surface area contributed by atoms with Gasteiger partial charge in [-0.15, -0.1) is 13.2 Å². The Morgan fingerprint density at radius 1 is 1.19 bits per heavy atom. The third kappa shape index (κ3) is 5.01. The van der Waals surface area contributed by atoms with E-state index in [9.17, 15) is 22.4 Å². The summed E-state index contributed by atoms with van der Waals surface area (Å²) in [5, 5.41) is 6.88. The predicted octanol–water partition coefficient (Wildman–Crippen LogP) is 3.79. The Morgan fingerprint density at radius 3 is 2.48 bits per heavy atom. The van der Waals surface area contributed by atoms with Crippen molar-refractivity contribution in [2.24, 2.45) is 0 Å². The minimum atomic E-state index is -4.98. The lowest BCUT2D eigenvalue weighted by atomic mass is 9.92. The fourth-order valence-electron chi connectivity index (χ4n) is 2.77. The molecule has 0 amide bonds. The van der Waals surface area contributed by atoms with Crippen LogP contribution in [0.25, 0.3) is 5.78 Å². The number of anilines is 1. The summed E-state index contributed by atoms with van der Waals surface area (Å²) in [5.74, 6) is -2.21. The van der Waals surface area contributed by atoms with Gasteiger partial charge in [0.15, 0.2) is 6.04 Å². The molecule has 12 heteroatoms. The molecule has 1 unspecified atom stereocenters. The van der Waals surface area contributed by atoms with Crippen molar-refractivity contribution < 1.29 is 31.8 Å². The van der Waals surface area contributed by atoms with Crippen LogP contribution in [-0.2, 0) is 14.9 Å². The molecule has 0 aliphatic heterocycles. The van der Waals surface area contributed by atoms with Crippen LogP contribution in [0, 0.1) is 5.82 Å². The Morgan fingerprint density at radius 2 is 1.90 bits per heavy atom. The average Bonchev–Trinajstić information content (AvgIpc) is 3.13. The van der Waals surface area contributed by atoms with Crippen LogP contribution in [0.4, 0.5) is 23.4 Å². The van der Waals surface area contributed by atoms with Gasteiger partial charge in [-0.1, -0.05) is 20.8 Å². The molecule has 2 aromatic heterocycles. The molecule has 1 N–H and O–H groups in total. The van der Waals surface area contributed by atoms with Gasteiger partial charge in [-0.05, 0) is 12.1 Å². The van der Waals surface area contributed by atoms with Gasteiger partial charge in [0.25, 0.3) is 5.78 Å². The summed E-state index contributed by atoms with van der Waals surface area (Å²) in [6.07, 6.45) is -3.72. The molecule has 166 valence electrons. The van der Waals surface area contributed by atoms with Crippen molar-refractivity contribution in [2.45, 2.75) is 38.6 Å². The molecule has 0 saturated carbocycles. The second kappa shape index (κ2) is 8.00. The van der Waals surface area contributed by atoms with Gasteiger partial charge in [0, 0.05) is 23.1 Å². The van der Waals surface area contributed by atoms with Crippen LogP contribution in [0.2, 0.25) is 0 Å². The van der Waals surface area contributed by atoms with Crippen molar-refractivity contribution in [1.82, 2.24) is 19.6 Å². The summed E-state index contributed by atoms with van der Waals surface area (Å²) in [5.41, 5.74) is -0.00974. The van der Waals surface area contributed by atoms with Crippen molar-refractivity contribution in [2.75, 3.05) is 12.4 Å². The maximum atomic E-state index is 14.7. The monoisotopic (exact) mass is 441 g/mol. The number of nitrogens with one attached hydrogen (secondary N) is 1. The third-order valence-electron chi connectivity index (χ3n) is 4.27. The van der Waals surface area contributed by atoms with E-state index in [-0.39, 0.29) is 22.6 Å². The standard InChI is InChI=1S/C19H19F4N5O3/c1-18(2,3)13-8-14(28-17(26-13)24-9-25-28)27-15(16(29)30-4)11-6-5-10(7-12(11)20)31-19(21,22)23/h5-9,15,27H,1-4H3. The van der Waals surface area contributed by atoms with Crippen LogP contribution in [0.3, 0.4) is 0 Å². The smallest absolute Gasteiger partial charge is 0.467 e. The lowest BCUT2D eigenvalue weighted by Crippen LogP contribution is -2.26. The van der Waals surface area contributed by atoms with Crippen molar-refractivity contribution >= 4 is 17.6 Å². The maximum Gasteiger partial charge on any atom is 0.573 e. The summed E-state index contributed by atoms with van der Waals surface area (Å²) in [6.45, 7) is 5.76. The quantitative estimate of drug-likeness (QED) is 0.476. The number of esters is 1. The first kappa shape index (κ1) is 22.2. The summed E-state index contributed by atoms with van der Waals surface area (Å²) in [7, 11) is 1.11. The number of hydrogen-bond acceptors (Lipinski definition) is 7. The molecule has 1 atom stereocenters. The van der Waals surface area contributed by atoms with Crippen molar-refractivity contribution in [3.05, 3.63) is 47.7 Å². The van der Waals surface area contributed by atoms with Crippen LogP contribution < -0.4 is 10.1 Å². The molecule has 3 aromatic rings. The van der Waals surface area contributed by atoms with Crippen LogP contribution >= 0.6 is 0 Å². The summed E-state index contributed by atoms with van der Waals surface area (Å²) >= 11 is 0. The lowest BCUT2D eigenvalue weighted by molar-refractivity contribution is -0.274. The number of carbonyl (C=O) groups is 1. The highest BCUT2D eigenvalue weighted by atomic mass is 19.4. The van der Waals surface area contributed by atoms with Crippen molar-refractivity contribution in [3.63, 3.8) is 0 Å². The van der Waals surface area contributed by atoms with Crippen LogP contribution in [-0.4, -0.2) is 39.0 Å². The highest BCUT2D eigenvalue weighted by molar-refractivity contribution is 5.81. The molecule has 1 aromatic carbocycles. The fraction of sp³-hybridized carbons (Fsp3) is 0.368. The number of alkyl halides is 3. The Bertz CT molecular complexity index is 1110. The van der Waals surface area contributed by atoms with Gasteiger partial charge in [0.1, 0.15) is 23.7 Å². The number of methoxy groups -OCH3 is 1. The third-order valence-corrected chi connectivity index (χ3v) is 4.27. The van der Waals surface area contributed by atoms with Crippen LogP contribution in [0.5, 0.6) is 5.75 Å². The largest absolute Gasteiger partial charge is 0.573 e. The van der Waals surface area contributed by atoms with E-state index in [2.05, 4.69) is 25.1 Å². The number of rotatable bonds is 5. The SMILES string of the molecule is COC(=O)C(Nc1cc(C(C)(C)C)nc2ncnn12)c1ccc(OC(F)(F)F)cc1F.